The van der Waals surface area contributed by atoms with Crippen molar-refractivity contribution in [3.63, 3.8) is 0 Å². The van der Waals surface area contributed by atoms with Crippen LogP contribution in [0.4, 0.5) is 21.9 Å². The standard InChI is InChI=1S/C19H21ClN4O3.ClH/c20-13-1-3-15(4-2-13)23-18(26)24-16-7-5-14(6-8-16)22-17(25)19(21)9-11-27-12-10-19;/h1-8H,9-12,21H2,(H,22,25)(H2,23,24,26);1H. The molecule has 0 saturated carbocycles. The van der Waals surface area contributed by atoms with Crippen LogP contribution in [0.2, 0.25) is 5.02 Å². The maximum Gasteiger partial charge on any atom is 0.323 e. The molecule has 3 rings (SSSR count). The van der Waals surface area contributed by atoms with E-state index < -0.39 is 5.54 Å². The Balaban J connectivity index is 0.00000280. The molecule has 7 nitrogen and oxygen atoms in total. The van der Waals surface area contributed by atoms with Gasteiger partial charge in [0.1, 0.15) is 5.54 Å². The van der Waals surface area contributed by atoms with E-state index in [1.165, 1.54) is 0 Å². The third-order valence-corrected chi connectivity index (χ3v) is 4.59. The Morgan fingerprint density at radius 1 is 0.857 bits per heavy atom. The molecule has 0 spiro atoms. The van der Waals surface area contributed by atoms with Gasteiger partial charge < -0.3 is 26.4 Å². The molecule has 0 aliphatic carbocycles. The minimum atomic E-state index is -0.909. The zero-order valence-corrected chi connectivity index (χ0v) is 16.6. The maximum atomic E-state index is 12.4. The van der Waals surface area contributed by atoms with Crippen molar-refractivity contribution in [2.45, 2.75) is 18.4 Å². The first-order chi connectivity index (χ1) is 12.9. The van der Waals surface area contributed by atoms with E-state index >= 15 is 0 Å². The van der Waals surface area contributed by atoms with Crippen LogP contribution in [-0.2, 0) is 9.53 Å². The van der Waals surface area contributed by atoms with Crippen molar-refractivity contribution in [1.29, 1.82) is 0 Å². The minimum Gasteiger partial charge on any atom is -0.381 e. The highest BCUT2D eigenvalue weighted by Crippen LogP contribution is 2.21. The topological polar surface area (TPSA) is 105 Å². The Morgan fingerprint density at radius 2 is 1.29 bits per heavy atom. The Labute approximate surface area is 174 Å². The maximum absolute atomic E-state index is 12.4. The fourth-order valence-corrected chi connectivity index (χ4v) is 2.81. The summed E-state index contributed by atoms with van der Waals surface area (Å²) in [5.74, 6) is -0.230. The summed E-state index contributed by atoms with van der Waals surface area (Å²) in [5.41, 5.74) is 7.09. The van der Waals surface area contributed by atoms with Crippen molar-refractivity contribution < 1.29 is 14.3 Å². The molecule has 3 amide bonds. The van der Waals surface area contributed by atoms with Gasteiger partial charge in [-0.25, -0.2) is 4.79 Å². The number of benzene rings is 2. The number of anilines is 3. The Hall–Kier alpha value is -2.32. The molecule has 1 aliphatic rings. The number of ether oxygens (including phenoxy) is 1. The molecule has 1 saturated heterocycles. The predicted molar refractivity (Wildman–Crippen MR) is 113 cm³/mol. The van der Waals surface area contributed by atoms with Gasteiger partial charge in [0.2, 0.25) is 5.91 Å². The smallest absolute Gasteiger partial charge is 0.323 e. The van der Waals surface area contributed by atoms with Crippen molar-refractivity contribution in [2.24, 2.45) is 5.73 Å². The van der Waals surface area contributed by atoms with Crippen LogP contribution in [0.5, 0.6) is 0 Å². The number of halogens is 2. The Morgan fingerprint density at radius 3 is 1.79 bits per heavy atom. The number of rotatable bonds is 4. The van der Waals surface area contributed by atoms with E-state index in [4.69, 9.17) is 22.1 Å². The quantitative estimate of drug-likeness (QED) is 0.597. The molecule has 1 fully saturated rings. The summed E-state index contributed by atoms with van der Waals surface area (Å²) in [6, 6.07) is 13.2. The zero-order valence-electron chi connectivity index (χ0n) is 15.0. The number of hydrogen-bond donors (Lipinski definition) is 4. The minimum absolute atomic E-state index is 0. The number of carbonyl (C=O) groups is 2. The lowest BCUT2D eigenvalue weighted by Gasteiger charge is -2.31. The number of carbonyl (C=O) groups excluding carboxylic acids is 2. The molecule has 5 N–H and O–H groups in total. The van der Waals surface area contributed by atoms with Crippen LogP contribution in [0.15, 0.2) is 48.5 Å². The summed E-state index contributed by atoms with van der Waals surface area (Å²) in [6.07, 6.45) is 0.979. The van der Waals surface area contributed by atoms with Crippen LogP contribution in [0.25, 0.3) is 0 Å². The second-order valence-corrected chi connectivity index (χ2v) is 6.82. The van der Waals surface area contributed by atoms with E-state index in [9.17, 15) is 9.59 Å². The van der Waals surface area contributed by atoms with E-state index in [-0.39, 0.29) is 24.3 Å². The first-order valence-corrected chi connectivity index (χ1v) is 8.94. The molecule has 0 bridgehead atoms. The molecule has 9 heteroatoms. The highest BCUT2D eigenvalue weighted by Gasteiger charge is 2.35. The fourth-order valence-electron chi connectivity index (χ4n) is 2.68. The summed E-state index contributed by atoms with van der Waals surface area (Å²) in [6.45, 7) is 0.963. The van der Waals surface area contributed by atoms with E-state index in [2.05, 4.69) is 16.0 Å². The molecule has 0 aromatic heterocycles. The third-order valence-electron chi connectivity index (χ3n) is 4.34. The number of nitrogens with two attached hydrogens (primary N) is 1. The van der Waals surface area contributed by atoms with Crippen LogP contribution in [-0.4, -0.2) is 30.7 Å². The molecule has 2 aromatic rings. The van der Waals surface area contributed by atoms with Gasteiger partial charge in [-0.15, -0.1) is 12.4 Å². The van der Waals surface area contributed by atoms with Gasteiger partial charge in [-0.2, -0.15) is 0 Å². The molecule has 1 heterocycles. The Bertz CT molecular complexity index is 807. The summed E-state index contributed by atoms with van der Waals surface area (Å²) >= 11 is 5.81. The lowest BCUT2D eigenvalue weighted by Crippen LogP contribution is -2.54. The van der Waals surface area contributed by atoms with Gasteiger partial charge in [-0.05, 0) is 61.4 Å². The fraction of sp³-hybridized carbons (Fsp3) is 0.263. The molecular weight excluding hydrogens is 403 g/mol. The van der Waals surface area contributed by atoms with Gasteiger partial charge in [0.05, 0.1) is 0 Å². The second kappa shape index (κ2) is 9.75. The first kappa shape index (κ1) is 22.0. The third kappa shape index (κ3) is 5.84. The van der Waals surface area contributed by atoms with Gasteiger partial charge >= 0.3 is 6.03 Å². The van der Waals surface area contributed by atoms with Gasteiger partial charge in [0.15, 0.2) is 0 Å². The molecule has 0 radical (unpaired) electrons. The predicted octanol–water partition coefficient (Wildman–Crippen LogP) is 3.85. The van der Waals surface area contributed by atoms with Crippen molar-refractivity contribution in [2.75, 3.05) is 29.2 Å². The van der Waals surface area contributed by atoms with Gasteiger partial charge in [-0.3, -0.25) is 4.79 Å². The lowest BCUT2D eigenvalue weighted by atomic mass is 9.90. The molecule has 2 aromatic carbocycles. The number of urea groups is 1. The molecule has 1 aliphatic heterocycles. The lowest BCUT2D eigenvalue weighted by molar-refractivity contribution is -0.124. The van der Waals surface area contributed by atoms with E-state index in [1.54, 1.807) is 48.5 Å². The first-order valence-electron chi connectivity index (χ1n) is 8.56. The largest absolute Gasteiger partial charge is 0.381 e. The van der Waals surface area contributed by atoms with Crippen LogP contribution in [0.1, 0.15) is 12.8 Å². The van der Waals surface area contributed by atoms with Crippen molar-refractivity contribution in [1.82, 2.24) is 0 Å². The van der Waals surface area contributed by atoms with Gasteiger partial charge in [0, 0.05) is 35.3 Å². The Kier molecular flexibility index (Phi) is 7.65. The summed E-state index contributed by atoms with van der Waals surface area (Å²) in [5, 5.41) is 8.84. The van der Waals surface area contributed by atoms with Crippen LogP contribution in [0.3, 0.4) is 0 Å². The normalized spacial score (nSPS) is 15.1. The van der Waals surface area contributed by atoms with Gasteiger partial charge in [-0.1, -0.05) is 11.6 Å². The molecule has 0 unspecified atom stereocenters. The van der Waals surface area contributed by atoms with Crippen molar-refractivity contribution >= 4 is 53.0 Å². The van der Waals surface area contributed by atoms with Crippen molar-refractivity contribution in [3.8, 4) is 0 Å². The van der Waals surface area contributed by atoms with E-state index in [0.717, 1.165) is 0 Å². The number of nitrogens with one attached hydrogen (secondary N) is 3. The summed E-state index contributed by atoms with van der Waals surface area (Å²) in [4.78, 5) is 24.4. The second-order valence-electron chi connectivity index (χ2n) is 6.39. The molecule has 28 heavy (non-hydrogen) atoms. The van der Waals surface area contributed by atoms with Crippen molar-refractivity contribution in [3.05, 3.63) is 53.6 Å². The number of hydrogen-bond acceptors (Lipinski definition) is 4. The SMILES string of the molecule is Cl.NC1(C(=O)Nc2ccc(NC(=O)Nc3ccc(Cl)cc3)cc2)CCOCC1. The van der Waals surface area contributed by atoms with Gasteiger partial charge in [0.25, 0.3) is 0 Å². The zero-order chi connectivity index (χ0) is 19.3. The molecule has 0 atom stereocenters. The average molecular weight is 425 g/mol. The number of amides is 3. The van der Waals surface area contributed by atoms with Crippen LogP contribution >= 0.6 is 24.0 Å². The highest BCUT2D eigenvalue weighted by molar-refractivity contribution is 6.30. The summed E-state index contributed by atoms with van der Waals surface area (Å²) < 4.78 is 5.25. The van der Waals surface area contributed by atoms with E-state index in [1.807, 2.05) is 0 Å². The van der Waals surface area contributed by atoms with Crippen LogP contribution in [0, 0.1) is 0 Å². The molecular formula is C19H22Cl2N4O3. The average Bonchev–Trinajstić information content (AvgIpc) is 2.66. The highest BCUT2D eigenvalue weighted by atomic mass is 35.5. The monoisotopic (exact) mass is 424 g/mol. The molecule has 150 valence electrons. The van der Waals surface area contributed by atoms with Crippen LogP contribution < -0.4 is 21.7 Å². The summed E-state index contributed by atoms with van der Waals surface area (Å²) in [7, 11) is 0. The van der Waals surface area contributed by atoms with E-state index in [0.29, 0.717) is 48.1 Å².